The number of likely N-dealkylation sites (tertiary alicyclic amines) is 1. The minimum absolute atomic E-state index is 0.0584. The minimum Gasteiger partial charge on any atom is -0.356 e. The van der Waals surface area contributed by atoms with Gasteiger partial charge in [0.25, 0.3) is 0 Å². The van der Waals surface area contributed by atoms with Gasteiger partial charge in [0.2, 0.25) is 5.91 Å². The lowest BCUT2D eigenvalue weighted by Crippen LogP contribution is -2.49. The molecular weight excluding hydrogens is 304 g/mol. The van der Waals surface area contributed by atoms with Crippen molar-refractivity contribution >= 4 is 11.9 Å². The Morgan fingerprint density at radius 2 is 1.71 bits per heavy atom. The number of hydrogen-bond acceptors (Lipinski definition) is 3. The van der Waals surface area contributed by atoms with Crippen LogP contribution in [-0.2, 0) is 4.79 Å². The number of rotatable bonds is 6. The fourth-order valence-electron chi connectivity index (χ4n) is 3.61. The molecule has 0 spiro atoms. The average molecular weight is 338 g/mol. The van der Waals surface area contributed by atoms with Crippen LogP contribution >= 0.6 is 0 Å². The highest BCUT2D eigenvalue weighted by Crippen LogP contribution is 2.20. The normalized spacial score (nSPS) is 20.2. The Morgan fingerprint density at radius 1 is 1.04 bits per heavy atom. The van der Waals surface area contributed by atoms with Gasteiger partial charge in [0.1, 0.15) is 0 Å². The molecule has 24 heavy (non-hydrogen) atoms. The number of nitrogens with zero attached hydrogens (tertiary/aromatic N) is 2. The fraction of sp³-hybridized carbons (Fsp3) is 0.889. The minimum atomic E-state index is 0.0584. The quantitative estimate of drug-likeness (QED) is 0.726. The smallest absolute Gasteiger partial charge is 0.317 e. The van der Waals surface area contributed by atoms with Crippen LogP contribution in [0.5, 0.6) is 0 Å². The van der Waals surface area contributed by atoms with Gasteiger partial charge < -0.3 is 20.4 Å². The van der Waals surface area contributed by atoms with Crippen LogP contribution in [0.4, 0.5) is 4.79 Å². The molecule has 0 aromatic rings. The summed E-state index contributed by atoms with van der Waals surface area (Å²) in [5, 5.41) is 6.20. The third kappa shape index (κ3) is 6.30. The molecule has 1 aliphatic heterocycles. The summed E-state index contributed by atoms with van der Waals surface area (Å²) in [5.74, 6) is 0.212. The van der Waals surface area contributed by atoms with E-state index in [1.807, 2.05) is 19.0 Å². The Bertz CT molecular complexity index is 400. The molecule has 6 nitrogen and oxygen atoms in total. The summed E-state index contributed by atoms with van der Waals surface area (Å²) in [6.07, 6.45) is 8.48. The van der Waals surface area contributed by atoms with Crippen molar-refractivity contribution in [2.24, 2.45) is 5.92 Å². The molecule has 2 rings (SSSR count). The molecule has 0 aromatic carbocycles. The highest BCUT2D eigenvalue weighted by atomic mass is 16.2. The van der Waals surface area contributed by atoms with Gasteiger partial charge in [0.15, 0.2) is 0 Å². The highest BCUT2D eigenvalue weighted by Gasteiger charge is 2.28. The molecule has 2 N–H and O–H groups in total. The first kappa shape index (κ1) is 19.0. The molecule has 2 aliphatic rings. The maximum absolute atomic E-state index is 12.3. The van der Waals surface area contributed by atoms with Crippen molar-refractivity contribution in [2.45, 2.75) is 57.4 Å². The zero-order valence-electron chi connectivity index (χ0n) is 15.4. The highest BCUT2D eigenvalue weighted by molar-refractivity contribution is 5.79. The Kier molecular flexibility index (Phi) is 7.82. The van der Waals surface area contributed by atoms with Crippen LogP contribution in [-0.4, -0.2) is 68.1 Å². The molecule has 0 bridgehead atoms. The number of carbonyl (C=O) groups excluding carboxylic acids is 2. The van der Waals surface area contributed by atoms with Gasteiger partial charge in [-0.3, -0.25) is 4.79 Å². The standard InChI is InChI=1S/C18H34N4O2/c1-21(2)12-6-11-19-17(23)15-9-13-22(14-10-15)18(24)20-16-7-4-3-5-8-16/h15-16H,3-14H2,1-2H3,(H,19,23)(H,20,24). The average Bonchev–Trinajstić information content (AvgIpc) is 2.59. The molecule has 1 aliphatic carbocycles. The summed E-state index contributed by atoms with van der Waals surface area (Å²) in [5.41, 5.74) is 0. The molecule has 138 valence electrons. The van der Waals surface area contributed by atoms with Gasteiger partial charge in [0, 0.05) is 31.6 Å². The third-order valence-corrected chi connectivity index (χ3v) is 5.17. The second-order valence-corrected chi connectivity index (χ2v) is 7.49. The lowest BCUT2D eigenvalue weighted by molar-refractivity contribution is -0.126. The van der Waals surface area contributed by atoms with Gasteiger partial charge in [-0.25, -0.2) is 4.79 Å². The fourth-order valence-corrected chi connectivity index (χ4v) is 3.61. The van der Waals surface area contributed by atoms with E-state index in [-0.39, 0.29) is 17.9 Å². The van der Waals surface area contributed by atoms with Gasteiger partial charge in [-0.05, 0) is 52.7 Å². The van der Waals surface area contributed by atoms with Crippen LogP contribution < -0.4 is 10.6 Å². The first-order valence-corrected chi connectivity index (χ1v) is 9.54. The molecule has 1 saturated carbocycles. The van der Waals surface area contributed by atoms with Crippen molar-refractivity contribution in [3.05, 3.63) is 0 Å². The van der Waals surface area contributed by atoms with E-state index in [0.717, 1.165) is 45.2 Å². The second kappa shape index (κ2) is 9.87. The molecule has 6 heteroatoms. The van der Waals surface area contributed by atoms with E-state index in [1.165, 1.54) is 19.3 Å². The van der Waals surface area contributed by atoms with Crippen molar-refractivity contribution in [1.82, 2.24) is 20.4 Å². The van der Waals surface area contributed by atoms with Gasteiger partial charge in [-0.2, -0.15) is 0 Å². The molecule has 0 atom stereocenters. The monoisotopic (exact) mass is 338 g/mol. The lowest BCUT2D eigenvalue weighted by Gasteiger charge is -2.33. The molecule has 1 heterocycles. The Balaban J connectivity index is 1.63. The summed E-state index contributed by atoms with van der Waals surface area (Å²) < 4.78 is 0. The zero-order valence-corrected chi connectivity index (χ0v) is 15.4. The molecular formula is C18H34N4O2. The number of piperidine rings is 1. The maximum atomic E-state index is 12.3. The summed E-state index contributed by atoms with van der Waals surface area (Å²) in [7, 11) is 4.08. The number of urea groups is 1. The largest absolute Gasteiger partial charge is 0.356 e. The zero-order chi connectivity index (χ0) is 17.4. The van der Waals surface area contributed by atoms with E-state index in [0.29, 0.717) is 19.1 Å². The van der Waals surface area contributed by atoms with Crippen LogP contribution in [0.1, 0.15) is 51.4 Å². The number of nitrogens with one attached hydrogen (secondary N) is 2. The van der Waals surface area contributed by atoms with E-state index in [4.69, 9.17) is 0 Å². The maximum Gasteiger partial charge on any atom is 0.317 e. The van der Waals surface area contributed by atoms with Crippen LogP contribution in [0, 0.1) is 5.92 Å². The summed E-state index contributed by atoms with van der Waals surface area (Å²) in [6.45, 7) is 3.10. The first-order chi connectivity index (χ1) is 11.6. The van der Waals surface area contributed by atoms with Crippen molar-refractivity contribution in [3.63, 3.8) is 0 Å². The number of hydrogen-bond donors (Lipinski definition) is 2. The van der Waals surface area contributed by atoms with E-state index in [2.05, 4.69) is 15.5 Å². The molecule has 0 radical (unpaired) electrons. The molecule has 2 fully saturated rings. The third-order valence-electron chi connectivity index (χ3n) is 5.17. The predicted molar refractivity (Wildman–Crippen MR) is 95.9 cm³/mol. The van der Waals surface area contributed by atoms with E-state index in [1.54, 1.807) is 0 Å². The van der Waals surface area contributed by atoms with Crippen LogP contribution in [0.2, 0.25) is 0 Å². The number of carbonyl (C=O) groups is 2. The summed E-state index contributed by atoms with van der Waals surface area (Å²) in [6, 6.07) is 0.413. The Labute approximate surface area is 146 Å². The van der Waals surface area contributed by atoms with E-state index < -0.39 is 0 Å². The Morgan fingerprint density at radius 3 is 2.33 bits per heavy atom. The van der Waals surface area contributed by atoms with Gasteiger partial charge in [-0.1, -0.05) is 19.3 Å². The lowest BCUT2D eigenvalue weighted by atomic mass is 9.95. The van der Waals surface area contributed by atoms with Gasteiger partial charge in [0.05, 0.1) is 0 Å². The van der Waals surface area contributed by atoms with Crippen molar-refractivity contribution in [1.29, 1.82) is 0 Å². The SMILES string of the molecule is CN(C)CCCNC(=O)C1CCN(C(=O)NC2CCCCC2)CC1. The van der Waals surface area contributed by atoms with Crippen molar-refractivity contribution in [2.75, 3.05) is 40.3 Å². The van der Waals surface area contributed by atoms with Crippen LogP contribution in [0.25, 0.3) is 0 Å². The molecule has 1 saturated heterocycles. The van der Waals surface area contributed by atoms with Crippen molar-refractivity contribution < 1.29 is 9.59 Å². The molecule has 0 unspecified atom stereocenters. The van der Waals surface area contributed by atoms with Gasteiger partial charge >= 0.3 is 6.03 Å². The number of amides is 3. The molecule has 0 aromatic heterocycles. The van der Waals surface area contributed by atoms with Crippen LogP contribution in [0.15, 0.2) is 0 Å². The second-order valence-electron chi connectivity index (χ2n) is 7.49. The summed E-state index contributed by atoms with van der Waals surface area (Å²) in [4.78, 5) is 28.5. The molecule has 3 amide bonds. The van der Waals surface area contributed by atoms with Crippen LogP contribution in [0.3, 0.4) is 0 Å². The van der Waals surface area contributed by atoms with E-state index >= 15 is 0 Å². The Hall–Kier alpha value is -1.30. The van der Waals surface area contributed by atoms with E-state index in [9.17, 15) is 9.59 Å². The summed E-state index contributed by atoms with van der Waals surface area (Å²) >= 11 is 0. The first-order valence-electron chi connectivity index (χ1n) is 9.54. The topological polar surface area (TPSA) is 64.7 Å². The van der Waals surface area contributed by atoms with Crippen molar-refractivity contribution in [3.8, 4) is 0 Å². The van der Waals surface area contributed by atoms with Gasteiger partial charge in [-0.15, -0.1) is 0 Å². The predicted octanol–water partition coefficient (Wildman–Crippen LogP) is 1.81.